The van der Waals surface area contributed by atoms with Gasteiger partial charge in [0.15, 0.2) is 11.5 Å². The molecule has 9 nitrogen and oxygen atoms in total. The van der Waals surface area contributed by atoms with E-state index in [0.29, 0.717) is 11.3 Å². The zero-order chi connectivity index (χ0) is 18.1. The molecule has 136 valence electrons. The molecular formula is C15H21ClN6O3. The number of carbonyl (C=O) groups is 1. The molecule has 1 unspecified atom stereocenters. The summed E-state index contributed by atoms with van der Waals surface area (Å²) in [6, 6.07) is -0.114. The van der Waals surface area contributed by atoms with Crippen molar-refractivity contribution in [1.82, 2.24) is 24.4 Å². The predicted octanol–water partition coefficient (Wildman–Crippen LogP) is 0.712. The first kappa shape index (κ1) is 17.7. The molecule has 2 aromatic heterocycles. The Morgan fingerprint density at radius 1 is 1.36 bits per heavy atom. The van der Waals surface area contributed by atoms with Crippen molar-refractivity contribution in [2.45, 2.75) is 32.9 Å². The number of aliphatic carboxylic acids is 1. The number of piperazine rings is 1. The fraction of sp³-hybridized carbons (Fsp3) is 0.600. The highest BCUT2D eigenvalue weighted by Crippen LogP contribution is 2.28. The summed E-state index contributed by atoms with van der Waals surface area (Å²) < 4.78 is 2.75. The molecule has 25 heavy (non-hydrogen) atoms. The highest BCUT2D eigenvalue weighted by atomic mass is 35.5. The van der Waals surface area contributed by atoms with E-state index in [0.717, 1.165) is 37.2 Å². The van der Waals surface area contributed by atoms with E-state index in [1.165, 1.54) is 0 Å². The molecule has 1 saturated heterocycles. The Bertz CT molecular complexity index is 855. The normalized spacial score (nSPS) is 16.4. The van der Waals surface area contributed by atoms with Crippen LogP contribution in [0.2, 0.25) is 5.28 Å². The Hall–Kier alpha value is -2.13. The maximum absolute atomic E-state index is 12.9. The van der Waals surface area contributed by atoms with Crippen LogP contribution < -0.4 is 15.9 Å². The van der Waals surface area contributed by atoms with Gasteiger partial charge in [-0.15, -0.1) is 0 Å². The first-order valence-corrected chi connectivity index (χ1v) is 8.67. The largest absolute Gasteiger partial charge is 0.480 e. The van der Waals surface area contributed by atoms with Crippen LogP contribution in [-0.4, -0.2) is 56.4 Å². The molecule has 1 aliphatic rings. The van der Waals surface area contributed by atoms with Crippen molar-refractivity contribution in [2.24, 2.45) is 0 Å². The smallest absolute Gasteiger partial charge is 0.331 e. The topological polar surface area (TPSA) is 105 Å². The molecule has 3 rings (SSSR count). The zero-order valence-corrected chi connectivity index (χ0v) is 15.0. The van der Waals surface area contributed by atoms with Gasteiger partial charge in [0.25, 0.3) is 0 Å². The van der Waals surface area contributed by atoms with Gasteiger partial charge in [0.05, 0.1) is 0 Å². The second-order valence-corrected chi connectivity index (χ2v) is 6.45. The van der Waals surface area contributed by atoms with E-state index < -0.39 is 18.2 Å². The Balaban J connectivity index is 2.32. The van der Waals surface area contributed by atoms with Crippen molar-refractivity contribution in [2.75, 3.05) is 31.1 Å². The number of imidazole rings is 1. The molecule has 0 bridgehead atoms. The summed E-state index contributed by atoms with van der Waals surface area (Å²) in [5, 5.41) is 12.4. The number of carboxylic acid groups (broad SMARTS) is 1. The third-order valence-electron chi connectivity index (χ3n) is 4.49. The summed E-state index contributed by atoms with van der Waals surface area (Å²) in [7, 11) is 0. The molecule has 2 aromatic rings. The maximum Gasteiger partial charge on any atom is 0.331 e. The van der Waals surface area contributed by atoms with E-state index in [1.807, 2.05) is 13.8 Å². The quantitative estimate of drug-likeness (QED) is 0.749. The Morgan fingerprint density at radius 3 is 2.64 bits per heavy atom. The summed E-state index contributed by atoms with van der Waals surface area (Å²) in [4.78, 5) is 34.7. The summed E-state index contributed by atoms with van der Waals surface area (Å²) in [6.07, 6.45) is 0.718. The van der Waals surface area contributed by atoms with Gasteiger partial charge >= 0.3 is 11.7 Å². The number of carboxylic acids is 1. The molecule has 0 aromatic carbocycles. The molecule has 1 fully saturated rings. The van der Waals surface area contributed by atoms with E-state index in [9.17, 15) is 14.7 Å². The van der Waals surface area contributed by atoms with Gasteiger partial charge in [-0.1, -0.05) is 6.92 Å². The van der Waals surface area contributed by atoms with Gasteiger partial charge < -0.3 is 15.3 Å². The third kappa shape index (κ3) is 3.21. The lowest BCUT2D eigenvalue weighted by Gasteiger charge is -2.29. The number of nitrogens with one attached hydrogen (secondary N) is 1. The number of rotatable bonds is 5. The van der Waals surface area contributed by atoms with E-state index >= 15 is 0 Å². The van der Waals surface area contributed by atoms with Gasteiger partial charge in [0, 0.05) is 32.2 Å². The number of aromatic nitrogens is 4. The fourth-order valence-corrected chi connectivity index (χ4v) is 3.25. The van der Waals surface area contributed by atoms with Crippen LogP contribution in [-0.2, 0) is 11.3 Å². The minimum absolute atomic E-state index is 0.00136. The highest BCUT2D eigenvalue weighted by molar-refractivity contribution is 6.28. The van der Waals surface area contributed by atoms with Crippen LogP contribution in [0.15, 0.2) is 4.79 Å². The van der Waals surface area contributed by atoms with Crippen molar-refractivity contribution in [1.29, 1.82) is 0 Å². The molecule has 1 aliphatic heterocycles. The lowest BCUT2D eigenvalue weighted by molar-refractivity contribution is -0.137. The second kappa shape index (κ2) is 7.01. The van der Waals surface area contributed by atoms with Crippen molar-refractivity contribution in [3.63, 3.8) is 0 Å². The van der Waals surface area contributed by atoms with Crippen molar-refractivity contribution < 1.29 is 9.90 Å². The van der Waals surface area contributed by atoms with E-state index in [4.69, 9.17) is 11.6 Å². The number of anilines is 1. The number of hydrogen-bond acceptors (Lipinski definition) is 6. The molecule has 1 atom stereocenters. The second-order valence-electron chi connectivity index (χ2n) is 6.12. The van der Waals surface area contributed by atoms with Gasteiger partial charge in [-0.05, 0) is 24.9 Å². The van der Waals surface area contributed by atoms with Crippen molar-refractivity contribution >= 4 is 34.6 Å². The maximum atomic E-state index is 12.9. The average Bonchev–Trinajstić information content (AvgIpc) is 2.86. The Kier molecular flexibility index (Phi) is 4.96. The molecule has 3 heterocycles. The van der Waals surface area contributed by atoms with Gasteiger partial charge in [0.2, 0.25) is 5.28 Å². The van der Waals surface area contributed by atoms with Gasteiger partial charge in [0.1, 0.15) is 12.1 Å². The summed E-state index contributed by atoms with van der Waals surface area (Å²) in [5.74, 6) is -0.526. The molecule has 0 spiro atoms. The van der Waals surface area contributed by atoms with Crippen molar-refractivity contribution in [3.05, 3.63) is 15.8 Å². The molecular weight excluding hydrogens is 348 g/mol. The van der Waals surface area contributed by atoms with Gasteiger partial charge in [-0.2, -0.15) is 9.97 Å². The van der Waals surface area contributed by atoms with E-state index in [-0.39, 0.29) is 17.0 Å². The molecule has 2 N–H and O–H groups in total. The average molecular weight is 369 g/mol. The third-order valence-corrected chi connectivity index (χ3v) is 4.66. The van der Waals surface area contributed by atoms with Crippen molar-refractivity contribution in [3.8, 4) is 0 Å². The number of nitrogens with zero attached hydrogens (tertiary/aromatic N) is 5. The molecule has 0 saturated carbocycles. The fourth-order valence-electron chi connectivity index (χ4n) is 3.09. The van der Waals surface area contributed by atoms with Gasteiger partial charge in [-0.25, -0.2) is 4.79 Å². The molecule has 0 radical (unpaired) electrons. The Morgan fingerprint density at radius 2 is 2.04 bits per heavy atom. The van der Waals surface area contributed by atoms with Crippen LogP contribution >= 0.6 is 11.6 Å². The number of hydrogen-bond donors (Lipinski definition) is 2. The minimum Gasteiger partial charge on any atom is -0.480 e. The predicted molar refractivity (Wildman–Crippen MR) is 94.5 cm³/mol. The highest BCUT2D eigenvalue weighted by Gasteiger charge is 2.26. The number of halogens is 1. The first-order valence-electron chi connectivity index (χ1n) is 8.29. The van der Waals surface area contributed by atoms with Crippen LogP contribution in [0.25, 0.3) is 11.2 Å². The van der Waals surface area contributed by atoms with E-state index in [2.05, 4.69) is 20.2 Å². The lowest BCUT2D eigenvalue weighted by Crippen LogP contribution is -2.44. The lowest BCUT2D eigenvalue weighted by atomic mass is 10.2. The van der Waals surface area contributed by atoms with Crippen LogP contribution in [0.5, 0.6) is 0 Å². The molecule has 0 amide bonds. The SMILES string of the molecule is CCC(C)n1c(=O)n(CC(=O)O)c2nc(Cl)nc(N3CCNCC3)c21. The standard InChI is InChI=1S/C15H21ClN6O3/c1-3-9(2)22-11-12(20-6-4-17-5-7-20)18-14(16)19-13(11)21(15(22)25)8-10(23)24/h9,17H,3-8H2,1-2H3,(H,23,24). The minimum atomic E-state index is -1.11. The zero-order valence-electron chi connectivity index (χ0n) is 14.2. The molecule has 0 aliphatic carbocycles. The first-order chi connectivity index (χ1) is 11.9. The summed E-state index contributed by atoms with van der Waals surface area (Å²) in [5.41, 5.74) is 0.410. The monoisotopic (exact) mass is 368 g/mol. The van der Waals surface area contributed by atoms with Gasteiger partial charge in [-0.3, -0.25) is 13.9 Å². The van der Waals surface area contributed by atoms with Crippen LogP contribution in [0.1, 0.15) is 26.3 Å². The van der Waals surface area contributed by atoms with Crippen LogP contribution in [0, 0.1) is 0 Å². The Labute approximate surface area is 149 Å². The number of fused-ring (bicyclic) bond motifs is 1. The summed E-state index contributed by atoms with van der Waals surface area (Å²) in [6.45, 7) is 6.47. The molecule has 10 heteroatoms. The summed E-state index contributed by atoms with van der Waals surface area (Å²) >= 11 is 6.09. The van der Waals surface area contributed by atoms with E-state index in [1.54, 1.807) is 4.57 Å². The van der Waals surface area contributed by atoms with Crippen LogP contribution in [0.3, 0.4) is 0 Å². The van der Waals surface area contributed by atoms with Crippen LogP contribution in [0.4, 0.5) is 5.82 Å².